The van der Waals surface area contributed by atoms with Gasteiger partial charge < -0.3 is 9.80 Å². The third-order valence-electron chi connectivity index (χ3n) is 4.01. The van der Waals surface area contributed by atoms with Gasteiger partial charge in [-0.3, -0.25) is 4.79 Å². The number of anilines is 2. The average Bonchev–Trinajstić information content (AvgIpc) is 2.63. The molecule has 0 amide bonds. The molecule has 7 nitrogen and oxygen atoms in total. The highest BCUT2D eigenvalue weighted by molar-refractivity contribution is 5.48. The van der Waals surface area contributed by atoms with Crippen molar-refractivity contribution in [3.8, 4) is 6.07 Å². The molecule has 130 valence electrons. The zero-order chi connectivity index (χ0) is 17.8. The quantitative estimate of drug-likeness (QED) is 0.825. The number of rotatable bonds is 4. The Kier molecular flexibility index (Phi) is 4.88. The molecule has 0 bridgehead atoms. The fraction of sp³-hybridized carbons (Fsp3) is 0.375. The van der Waals surface area contributed by atoms with Gasteiger partial charge in [-0.25, -0.2) is 18.4 Å². The van der Waals surface area contributed by atoms with Crippen LogP contribution in [0.15, 0.2) is 35.4 Å². The summed E-state index contributed by atoms with van der Waals surface area (Å²) in [5.74, 6) is 0.795. The Hall–Kier alpha value is -3.02. The van der Waals surface area contributed by atoms with E-state index in [4.69, 9.17) is 5.26 Å². The minimum Gasteiger partial charge on any atom is -0.367 e. The minimum atomic E-state index is -2.61. The van der Waals surface area contributed by atoms with Crippen LogP contribution >= 0.6 is 0 Å². The average molecular weight is 346 g/mol. The summed E-state index contributed by atoms with van der Waals surface area (Å²) in [4.78, 5) is 20.2. The third-order valence-corrected chi connectivity index (χ3v) is 4.01. The Bertz CT molecular complexity index is 822. The van der Waals surface area contributed by atoms with E-state index in [1.807, 2.05) is 11.0 Å². The monoisotopic (exact) mass is 346 g/mol. The van der Waals surface area contributed by atoms with E-state index in [1.54, 1.807) is 12.1 Å². The highest BCUT2D eigenvalue weighted by Crippen LogP contribution is 2.17. The Morgan fingerprint density at radius 2 is 1.88 bits per heavy atom. The molecule has 1 aliphatic heterocycles. The van der Waals surface area contributed by atoms with Gasteiger partial charge in [-0.05, 0) is 12.1 Å². The van der Waals surface area contributed by atoms with Crippen LogP contribution in [0.5, 0.6) is 0 Å². The predicted molar refractivity (Wildman–Crippen MR) is 87.9 cm³/mol. The molecule has 0 unspecified atom stereocenters. The molecule has 2 aromatic rings. The Labute approximate surface area is 142 Å². The molecular weight excluding hydrogens is 330 g/mol. The van der Waals surface area contributed by atoms with Crippen molar-refractivity contribution in [1.82, 2.24) is 14.8 Å². The standard InChI is InChI=1S/C16H16F2N6O/c17-14(18)11-24-16(25)7-13(10-21-24)22-3-5-23(6-4-22)15-2-1-12(8-19)9-20-15/h1-2,7,9-10,14H,3-6,11H2. The minimum absolute atomic E-state index is 0.512. The fourth-order valence-electron chi connectivity index (χ4n) is 2.70. The largest absolute Gasteiger partial charge is 0.367 e. The van der Waals surface area contributed by atoms with E-state index in [0.29, 0.717) is 37.4 Å². The van der Waals surface area contributed by atoms with E-state index in [0.717, 1.165) is 10.5 Å². The lowest BCUT2D eigenvalue weighted by Gasteiger charge is -2.36. The third kappa shape index (κ3) is 3.91. The molecule has 0 atom stereocenters. The van der Waals surface area contributed by atoms with Crippen LogP contribution in [0, 0.1) is 11.3 Å². The summed E-state index contributed by atoms with van der Waals surface area (Å²) in [5.41, 5.74) is 0.606. The predicted octanol–water partition coefficient (Wildman–Crippen LogP) is 1.10. The van der Waals surface area contributed by atoms with Gasteiger partial charge in [0.2, 0.25) is 0 Å². The lowest BCUT2D eigenvalue weighted by Crippen LogP contribution is -2.47. The lowest BCUT2D eigenvalue weighted by atomic mass is 10.2. The molecule has 1 fully saturated rings. The van der Waals surface area contributed by atoms with Crippen molar-refractivity contribution in [3.63, 3.8) is 0 Å². The zero-order valence-electron chi connectivity index (χ0n) is 13.3. The Morgan fingerprint density at radius 1 is 1.16 bits per heavy atom. The topological polar surface area (TPSA) is 78.0 Å². The maximum atomic E-state index is 12.4. The molecule has 0 aromatic carbocycles. The van der Waals surface area contributed by atoms with E-state index >= 15 is 0 Å². The smallest absolute Gasteiger partial charge is 0.269 e. The van der Waals surface area contributed by atoms with Gasteiger partial charge in [0.15, 0.2) is 0 Å². The summed E-state index contributed by atoms with van der Waals surface area (Å²) in [6, 6.07) is 6.90. The number of pyridine rings is 1. The van der Waals surface area contributed by atoms with E-state index in [9.17, 15) is 13.6 Å². The van der Waals surface area contributed by atoms with Crippen LogP contribution in [0.4, 0.5) is 20.3 Å². The zero-order valence-corrected chi connectivity index (χ0v) is 13.3. The molecule has 0 radical (unpaired) electrons. The van der Waals surface area contributed by atoms with Gasteiger partial charge >= 0.3 is 0 Å². The maximum Gasteiger partial charge on any atom is 0.269 e. The fourth-order valence-corrected chi connectivity index (χ4v) is 2.70. The van der Waals surface area contributed by atoms with Gasteiger partial charge in [0.1, 0.15) is 18.4 Å². The lowest BCUT2D eigenvalue weighted by molar-refractivity contribution is 0.119. The van der Waals surface area contributed by atoms with Gasteiger partial charge in [-0.1, -0.05) is 0 Å². The number of hydrogen-bond donors (Lipinski definition) is 0. The SMILES string of the molecule is N#Cc1ccc(N2CCN(c3cnn(CC(F)F)c(=O)c3)CC2)nc1. The van der Waals surface area contributed by atoms with Crippen molar-refractivity contribution in [2.24, 2.45) is 0 Å². The maximum absolute atomic E-state index is 12.4. The summed E-state index contributed by atoms with van der Waals surface area (Å²) in [7, 11) is 0. The molecule has 0 aliphatic carbocycles. The Balaban J connectivity index is 1.64. The molecular formula is C16H16F2N6O. The number of halogens is 2. The first-order valence-corrected chi connectivity index (χ1v) is 7.78. The van der Waals surface area contributed by atoms with Gasteiger partial charge in [0.25, 0.3) is 12.0 Å². The number of nitrogens with zero attached hydrogens (tertiary/aromatic N) is 6. The van der Waals surface area contributed by atoms with Crippen molar-refractivity contribution in [2.45, 2.75) is 13.0 Å². The number of nitriles is 1. The Morgan fingerprint density at radius 3 is 2.44 bits per heavy atom. The molecule has 0 saturated carbocycles. The first-order chi connectivity index (χ1) is 12.1. The van der Waals surface area contributed by atoms with Crippen molar-refractivity contribution < 1.29 is 8.78 Å². The molecule has 3 rings (SSSR count). The van der Waals surface area contributed by atoms with E-state index in [1.165, 1.54) is 18.5 Å². The molecule has 3 heterocycles. The summed E-state index contributed by atoms with van der Waals surface area (Å²) >= 11 is 0. The molecule has 1 saturated heterocycles. The second-order valence-electron chi connectivity index (χ2n) is 5.62. The van der Waals surface area contributed by atoms with Crippen LogP contribution in [0.2, 0.25) is 0 Å². The van der Waals surface area contributed by atoms with Crippen LogP contribution in [0.1, 0.15) is 5.56 Å². The van der Waals surface area contributed by atoms with Crippen molar-refractivity contribution >= 4 is 11.5 Å². The summed E-state index contributed by atoms with van der Waals surface area (Å²) in [5, 5.41) is 12.6. The highest BCUT2D eigenvalue weighted by Gasteiger charge is 2.19. The van der Waals surface area contributed by atoms with Gasteiger partial charge in [-0.15, -0.1) is 0 Å². The summed E-state index contributed by atoms with van der Waals surface area (Å²) < 4.78 is 25.5. The van der Waals surface area contributed by atoms with Crippen molar-refractivity contribution in [3.05, 3.63) is 46.5 Å². The molecule has 0 N–H and O–H groups in total. The first-order valence-electron chi connectivity index (χ1n) is 7.78. The van der Waals surface area contributed by atoms with E-state index in [2.05, 4.69) is 15.0 Å². The number of aromatic nitrogens is 3. The van der Waals surface area contributed by atoms with Crippen LogP contribution in [-0.2, 0) is 6.54 Å². The van der Waals surface area contributed by atoms with Gasteiger partial charge in [0.05, 0.1) is 17.4 Å². The molecule has 25 heavy (non-hydrogen) atoms. The highest BCUT2D eigenvalue weighted by atomic mass is 19.3. The molecule has 2 aromatic heterocycles. The van der Waals surface area contributed by atoms with Crippen LogP contribution < -0.4 is 15.4 Å². The van der Waals surface area contributed by atoms with Crippen molar-refractivity contribution in [2.75, 3.05) is 36.0 Å². The van der Waals surface area contributed by atoms with Crippen LogP contribution in [0.25, 0.3) is 0 Å². The molecule has 0 spiro atoms. The second-order valence-corrected chi connectivity index (χ2v) is 5.62. The number of piperazine rings is 1. The number of alkyl halides is 2. The second kappa shape index (κ2) is 7.25. The van der Waals surface area contributed by atoms with E-state index < -0.39 is 18.5 Å². The van der Waals surface area contributed by atoms with Gasteiger partial charge in [-0.2, -0.15) is 10.4 Å². The van der Waals surface area contributed by atoms with Crippen molar-refractivity contribution in [1.29, 1.82) is 5.26 Å². The van der Waals surface area contributed by atoms with Crippen LogP contribution in [0.3, 0.4) is 0 Å². The molecule has 9 heteroatoms. The first kappa shape index (κ1) is 16.8. The van der Waals surface area contributed by atoms with Crippen LogP contribution in [-0.4, -0.2) is 47.4 Å². The normalized spacial score (nSPS) is 14.6. The summed E-state index contributed by atoms with van der Waals surface area (Å²) in [6.07, 6.45) is 0.368. The van der Waals surface area contributed by atoms with E-state index in [-0.39, 0.29) is 0 Å². The molecule has 1 aliphatic rings. The summed E-state index contributed by atoms with van der Waals surface area (Å²) in [6.45, 7) is 2.00. The number of hydrogen-bond acceptors (Lipinski definition) is 6. The van der Waals surface area contributed by atoms with Gasteiger partial charge in [0, 0.05) is 38.4 Å².